The van der Waals surface area contributed by atoms with Gasteiger partial charge in [-0.15, -0.1) is 0 Å². The van der Waals surface area contributed by atoms with Crippen LogP contribution in [-0.4, -0.2) is 75.6 Å². The Morgan fingerprint density at radius 2 is 0.617 bits per heavy atom. The van der Waals surface area contributed by atoms with E-state index in [9.17, 15) is 0 Å². The third-order valence-electron chi connectivity index (χ3n) is 8.79. The normalized spacial score (nSPS) is 12.0. The van der Waals surface area contributed by atoms with Crippen molar-refractivity contribution in [1.82, 2.24) is 9.80 Å². The van der Waals surface area contributed by atoms with Gasteiger partial charge in [-0.25, -0.2) is 0 Å². The summed E-state index contributed by atoms with van der Waals surface area (Å²) in [6, 6.07) is 63.1. The van der Waals surface area contributed by atoms with Crippen LogP contribution in [-0.2, 0) is 14.5 Å². The van der Waals surface area contributed by atoms with Crippen molar-refractivity contribution in [1.29, 1.82) is 0 Å². The van der Waals surface area contributed by atoms with Crippen LogP contribution in [0, 0.1) is 0 Å². The quantitative estimate of drug-likeness (QED) is 0.170. The summed E-state index contributed by atoms with van der Waals surface area (Å²) in [6.07, 6.45) is 0. The topological polar surface area (TPSA) is 15.7 Å². The SMILES string of the molecule is CN(C)Cc1cccc[c]1[Sn]([O][Sn]([c]1ccccc1)([c]1ccccc1)[c]1ccccc1CN(C)C)([c]1ccccc1)[c]1ccccc1. The first kappa shape index (κ1) is 33.7. The van der Waals surface area contributed by atoms with Crippen LogP contribution in [0.25, 0.3) is 0 Å². The van der Waals surface area contributed by atoms with Crippen molar-refractivity contribution in [3.8, 4) is 0 Å². The Labute approximate surface area is 290 Å². The number of rotatable bonds is 12. The molecule has 0 aliphatic rings. The van der Waals surface area contributed by atoms with Gasteiger partial charge in [0.25, 0.3) is 0 Å². The molecule has 6 aromatic carbocycles. The predicted molar refractivity (Wildman–Crippen MR) is 204 cm³/mol. The molecule has 0 spiro atoms. The van der Waals surface area contributed by atoms with Crippen molar-refractivity contribution in [2.45, 2.75) is 13.1 Å². The molecule has 47 heavy (non-hydrogen) atoms. The number of hydrogen-bond donors (Lipinski definition) is 0. The van der Waals surface area contributed by atoms with Gasteiger partial charge in [0.05, 0.1) is 0 Å². The van der Waals surface area contributed by atoms with Gasteiger partial charge in [0, 0.05) is 0 Å². The van der Waals surface area contributed by atoms with E-state index in [1.54, 1.807) is 0 Å². The first-order chi connectivity index (χ1) is 22.9. The van der Waals surface area contributed by atoms with Gasteiger partial charge >= 0.3 is 293 Å². The summed E-state index contributed by atoms with van der Waals surface area (Å²) in [4.78, 5) is 4.56. The van der Waals surface area contributed by atoms with Crippen molar-refractivity contribution in [2.24, 2.45) is 0 Å². The van der Waals surface area contributed by atoms with E-state index in [0.29, 0.717) is 0 Å². The Kier molecular flexibility index (Phi) is 11.0. The molecule has 0 fully saturated rings. The van der Waals surface area contributed by atoms with Crippen molar-refractivity contribution >= 4 is 59.1 Å². The van der Waals surface area contributed by atoms with Crippen LogP contribution in [0.15, 0.2) is 170 Å². The standard InChI is InChI=1S/2C9H12N.4C6H5.O.2Sn/c2*1-10(2)8-9-6-4-3-5-7-9;4*1-2-4-6-5-3-1;;;/h2*3-6H,8H2,1-2H3;4*1-5H;;;. The summed E-state index contributed by atoms with van der Waals surface area (Å²) in [5.74, 6) is 0. The van der Waals surface area contributed by atoms with Gasteiger partial charge in [-0.2, -0.15) is 0 Å². The molecule has 0 N–H and O–H groups in total. The zero-order chi connectivity index (χ0) is 32.7. The average Bonchev–Trinajstić information content (AvgIpc) is 3.11. The summed E-state index contributed by atoms with van der Waals surface area (Å²) < 4.78 is 16.9. The fourth-order valence-electron chi connectivity index (χ4n) is 6.91. The zero-order valence-electron chi connectivity index (χ0n) is 27.9. The summed E-state index contributed by atoms with van der Waals surface area (Å²) >= 11 is -8.83. The Morgan fingerprint density at radius 3 is 0.894 bits per heavy atom. The number of nitrogens with zero attached hydrogens (tertiary/aromatic N) is 2. The second-order valence-electron chi connectivity index (χ2n) is 12.7. The molecule has 6 rings (SSSR count). The molecule has 0 saturated heterocycles. The van der Waals surface area contributed by atoms with E-state index in [-0.39, 0.29) is 0 Å². The van der Waals surface area contributed by atoms with Crippen molar-refractivity contribution in [2.75, 3.05) is 28.2 Å². The van der Waals surface area contributed by atoms with Crippen LogP contribution in [0.5, 0.6) is 0 Å². The molecule has 0 atom stereocenters. The predicted octanol–water partition coefficient (Wildman–Crippen LogP) is 4.46. The van der Waals surface area contributed by atoms with E-state index >= 15 is 0 Å². The zero-order valence-corrected chi connectivity index (χ0v) is 33.6. The first-order valence-corrected chi connectivity index (χ1v) is 27.2. The number of benzene rings is 6. The second-order valence-corrected chi connectivity index (χ2v) is 34.7. The fraction of sp³-hybridized carbons (Fsp3) is 0.143. The van der Waals surface area contributed by atoms with E-state index < -0.39 is 37.6 Å². The van der Waals surface area contributed by atoms with Crippen LogP contribution in [0.3, 0.4) is 0 Å². The third-order valence-corrected chi connectivity index (χ3v) is 42.5. The van der Waals surface area contributed by atoms with Crippen molar-refractivity contribution in [3.63, 3.8) is 0 Å². The molecule has 0 unspecified atom stereocenters. The average molecular weight is 830 g/mol. The van der Waals surface area contributed by atoms with E-state index in [1.807, 2.05) is 0 Å². The minimum absolute atomic E-state index is 0.842. The molecule has 6 aromatic rings. The van der Waals surface area contributed by atoms with Crippen LogP contribution in [0.2, 0.25) is 0 Å². The first-order valence-electron chi connectivity index (χ1n) is 16.3. The van der Waals surface area contributed by atoms with Gasteiger partial charge in [0.2, 0.25) is 0 Å². The maximum absolute atomic E-state index is 8.77. The maximum atomic E-state index is 8.77. The summed E-state index contributed by atoms with van der Waals surface area (Å²) in [7, 11) is 8.65. The van der Waals surface area contributed by atoms with Crippen molar-refractivity contribution in [3.05, 3.63) is 181 Å². The van der Waals surface area contributed by atoms with Crippen LogP contribution in [0.1, 0.15) is 11.1 Å². The van der Waals surface area contributed by atoms with E-state index in [2.05, 4.69) is 208 Å². The molecule has 0 aliphatic carbocycles. The molecule has 236 valence electrons. The molecule has 0 aliphatic heterocycles. The van der Waals surface area contributed by atoms with Gasteiger partial charge in [0.1, 0.15) is 0 Å². The molecule has 0 bridgehead atoms. The van der Waals surface area contributed by atoms with Crippen LogP contribution in [0.4, 0.5) is 0 Å². The Balaban J connectivity index is 1.81. The van der Waals surface area contributed by atoms with Gasteiger partial charge in [0.15, 0.2) is 0 Å². The van der Waals surface area contributed by atoms with E-state index in [4.69, 9.17) is 1.41 Å². The minimum atomic E-state index is -4.41. The van der Waals surface area contributed by atoms with Crippen LogP contribution < -0.4 is 21.5 Å². The number of hydrogen-bond acceptors (Lipinski definition) is 3. The molecule has 3 nitrogen and oxygen atoms in total. The molecule has 0 amide bonds. The molecule has 0 radical (unpaired) electrons. The Bertz CT molecular complexity index is 1650. The third kappa shape index (κ3) is 7.01. The monoisotopic (exact) mass is 832 g/mol. The molecular formula is C42H44N2OSn2. The van der Waals surface area contributed by atoms with Gasteiger partial charge < -0.3 is 0 Å². The van der Waals surface area contributed by atoms with Gasteiger partial charge in [-0.1, -0.05) is 0 Å². The van der Waals surface area contributed by atoms with Gasteiger partial charge in [-0.05, 0) is 0 Å². The van der Waals surface area contributed by atoms with E-state index in [0.717, 1.165) is 13.1 Å². The summed E-state index contributed by atoms with van der Waals surface area (Å²) in [6.45, 7) is 1.68. The Morgan fingerprint density at radius 1 is 0.362 bits per heavy atom. The molecular weight excluding hydrogens is 786 g/mol. The molecule has 5 heteroatoms. The van der Waals surface area contributed by atoms with Gasteiger partial charge in [-0.3, -0.25) is 0 Å². The Hall–Kier alpha value is -3.20. The fourth-order valence-corrected chi connectivity index (χ4v) is 50.6. The molecule has 0 heterocycles. The second kappa shape index (κ2) is 15.3. The summed E-state index contributed by atoms with van der Waals surface area (Å²) in [5, 5.41) is 0. The van der Waals surface area contributed by atoms with Crippen LogP contribution >= 0.6 is 0 Å². The molecule has 0 saturated carbocycles. The molecule has 0 aromatic heterocycles. The van der Waals surface area contributed by atoms with E-state index in [1.165, 1.54) is 32.6 Å². The van der Waals surface area contributed by atoms with Crippen molar-refractivity contribution < 1.29 is 1.41 Å². The summed E-state index contributed by atoms with van der Waals surface area (Å²) in [5.41, 5.74) is 2.67.